The molecule has 0 saturated carbocycles. The Kier molecular flexibility index (Phi) is 5.08. The summed E-state index contributed by atoms with van der Waals surface area (Å²) in [6, 6.07) is 11.8. The fourth-order valence-electron chi connectivity index (χ4n) is 2.33. The minimum absolute atomic E-state index is 0.131. The lowest BCUT2D eigenvalue weighted by Crippen LogP contribution is -2.08. The Hall–Kier alpha value is -2.30. The fourth-order valence-corrected chi connectivity index (χ4v) is 2.33. The molecule has 2 aromatic carbocycles. The van der Waals surface area contributed by atoms with Gasteiger partial charge < -0.3 is 4.74 Å². The molecule has 0 aliphatic rings. The van der Waals surface area contributed by atoms with Crippen molar-refractivity contribution in [1.82, 2.24) is 0 Å². The van der Waals surface area contributed by atoms with Crippen LogP contribution in [0.5, 0.6) is 5.75 Å². The van der Waals surface area contributed by atoms with E-state index in [1.165, 1.54) is 13.2 Å². The number of ether oxygens (including phenoxy) is 1. The molecular formula is C18H17F3O2. The van der Waals surface area contributed by atoms with Crippen molar-refractivity contribution in [3.05, 3.63) is 65.2 Å². The molecule has 0 saturated heterocycles. The predicted molar refractivity (Wildman–Crippen MR) is 81.8 cm³/mol. The van der Waals surface area contributed by atoms with Gasteiger partial charge in [-0.05, 0) is 29.7 Å². The highest BCUT2D eigenvalue weighted by Gasteiger charge is 2.30. The Morgan fingerprint density at radius 1 is 1.13 bits per heavy atom. The molecule has 23 heavy (non-hydrogen) atoms. The van der Waals surface area contributed by atoms with E-state index in [1.54, 1.807) is 37.3 Å². The van der Waals surface area contributed by atoms with Gasteiger partial charge in [0.2, 0.25) is 0 Å². The van der Waals surface area contributed by atoms with E-state index in [4.69, 9.17) is 4.74 Å². The zero-order chi connectivity index (χ0) is 17.0. The van der Waals surface area contributed by atoms with Gasteiger partial charge in [-0.3, -0.25) is 4.79 Å². The van der Waals surface area contributed by atoms with Crippen LogP contribution in [-0.2, 0) is 6.18 Å². The standard InChI is InChI=1S/C18H17F3O2/c1-12(13-5-3-7-15(10-13)18(19,20)21)9-17(22)14-6-4-8-16(11-14)23-2/h3-8,10-12H,9H2,1-2H3. The van der Waals surface area contributed by atoms with E-state index in [9.17, 15) is 18.0 Å². The average molecular weight is 322 g/mol. The monoisotopic (exact) mass is 322 g/mol. The van der Waals surface area contributed by atoms with E-state index in [2.05, 4.69) is 0 Å². The van der Waals surface area contributed by atoms with Gasteiger partial charge in [0.15, 0.2) is 5.78 Å². The van der Waals surface area contributed by atoms with E-state index < -0.39 is 11.7 Å². The molecule has 1 atom stereocenters. The van der Waals surface area contributed by atoms with Crippen LogP contribution in [0, 0.1) is 0 Å². The van der Waals surface area contributed by atoms with Crippen LogP contribution in [0.4, 0.5) is 13.2 Å². The molecule has 0 aliphatic carbocycles. The first-order valence-electron chi connectivity index (χ1n) is 7.15. The second kappa shape index (κ2) is 6.86. The predicted octanol–water partition coefficient (Wildman–Crippen LogP) is 5.09. The summed E-state index contributed by atoms with van der Waals surface area (Å²) in [4.78, 5) is 12.3. The van der Waals surface area contributed by atoms with Crippen LogP contribution in [0.1, 0.15) is 40.7 Å². The molecule has 0 heterocycles. The average Bonchev–Trinajstić information content (AvgIpc) is 2.54. The molecule has 0 aliphatic heterocycles. The van der Waals surface area contributed by atoms with Crippen LogP contribution in [-0.4, -0.2) is 12.9 Å². The summed E-state index contributed by atoms with van der Waals surface area (Å²) < 4.78 is 43.4. The van der Waals surface area contributed by atoms with Gasteiger partial charge in [0.25, 0.3) is 0 Å². The summed E-state index contributed by atoms with van der Waals surface area (Å²) in [5.41, 5.74) is 0.287. The van der Waals surface area contributed by atoms with Gasteiger partial charge in [0.1, 0.15) is 5.75 Å². The lowest BCUT2D eigenvalue weighted by atomic mass is 9.92. The molecule has 2 rings (SSSR count). The van der Waals surface area contributed by atoms with Crippen molar-refractivity contribution in [2.75, 3.05) is 7.11 Å². The SMILES string of the molecule is COc1cccc(C(=O)CC(C)c2cccc(C(F)(F)F)c2)c1. The lowest BCUT2D eigenvalue weighted by Gasteiger charge is -2.14. The number of carbonyl (C=O) groups is 1. The van der Waals surface area contributed by atoms with E-state index in [0.717, 1.165) is 12.1 Å². The largest absolute Gasteiger partial charge is 0.497 e. The second-order valence-electron chi connectivity index (χ2n) is 5.38. The van der Waals surface area contributed by atoms with Crippen LogP contribution in [0.2, 0.25) is 0 Å². The number of carbonyl (C=O) groups excluding carboxylic acids is 1. The fraction of sp³-hybridized carbons (Fsp3) is 0.278. The smallest absolute Gasteiger partial charge is 0.416 e. The molecule has 0 fully saturated rings. The van der Waals surface area contributed by atoms with Crippen molar-refractivity contribution in [2.45, 2.75) is 25.4 Å². The zero-order valence-electron chi connectivity index (χ0n) is 12.9. The Bertz CT molecular complexity index is 693. The third-order valence-electron chi connectivity index (χ3n) is 3.67. The minimum Gasteiger partial charge on any atom is -0.497 e. The van der Waals surface area contributed by atoms with Gasteiger partial charge in [-0.1, -0.05) is 37.3 Å². The molecule has 1 unspecified atom stereocenters. The van der Waals surface area contributed by atoms with E-state index >= 15 is 0 Å². The van der Waals surface area contributed by atoms with Gasteiger partial charge in [0.05, 0.1) is 12.7 Å². The number of Topliss-reactive ketones (excluding diaryl/α,β-unsaturated/α-hetero) is 1. The summed E-state index contributed by atoms with van der Waals surface area (Å²) in [6.07, 6.45) is -4.25. The topological polar surface area (TPSA) is 26.3 Å². The van der Waals surface area contributed by atoms with Gasteiger partial charge >= 0.3 is 6.18 Å². The van der Waals surface area contributed by atoms with Gasteiger partial charge in [0, 0.05) is 12.0 Å². The van der Waals surface area contributed by atoms with E-state index in [1.807, 2.05) is 0 Å². The number of methoxy groups -OCH3 is 1. The number of benzene rings is 2. The van der Waals surface area contributed by atoms with Crippen molar-refractivity contribution in [3.63, 3.8) is 0 Å². The first-order valence-corrected chi connectivity index (χ1v) is 7.15. The second-order valence-corrected chi connectivity index (χ2v) is 5.38. The first-order chi connectivity index (χ1) is 10.8. The van der Waals surface area contributed by atoms with Crippen LogP contribution < -0.4 is 4.74 Å². The van der Waals surface area contributed by atoms with Gasteiger partial charge in [-0.25, -0.2) is 0 Å². The van der Waals surface area contributed by atoms with Gasteiger partial charge in [-0.15, -0.1) is 0 Å². The number of ketones is 1. The number of rotatable bonds is 5. The van der Waals surface area contributed by atoms with Crippen LogP contribution in [0.25, 0.3) is 0 Å². The zero-order valence-corrected chi connectivity index (χ0v) is 12.9. The van der Waals surface area contributed by atoms with Gasteiger partial charge in [-0.2, -0.15) is 13.2 Å². The minimum atomic E-state index is -4.38. The van der Waals surface area contributed by atoms with E-state index in [0.29, 0.717) is 16.9 Å². The third kappa shape index (κ3) is 4.34. The maximum Gasteiger partial charge on any atom is 0.416 e. The molecule has 122 valence electrons. The first kappa shape index (κ1) is 17.1. The molecular weight excluding hydrogens is 305 g/mol. The highest BCUT2D eigenvalue weighted by molar-refractivity contribution is 5.96. The van der Waals surface area contributed by atoms with Crippen LogP contribution in [0.3, 0.4) is 0 Å². The normalized spacial score (nSPS) is 12.7. The third-order valence-corrected chi connectivity index (χ3v) is 3.67. The number of hydrogen-bond acceptors (Lipinski definition) is 2. The quantitative estimate of drug-likeness (QED) is 0.717. The molecule has 5 heteroatoms. The molecule has 0 spiro atoms. The Labute approximate surface area is 132 Å². The van der Waals surface area contributed by atoms with Crippen molar-refractivity contribution in [1.29, 1.82) is 0 Å². The highest BCUT2D eigenvalue weighted by Crippen LogP contribution is 2.32. The van der Waals surface area contributed by atoms with Crippen molar-refractivity contribution in [3.8, 4) is 5.75 Å². The molecule has 2 aromatic rings. The molecule has 0 amide bonds. The van der Waals surface area contributed by atoms with Crippen molar-refractivity contribution < 1.29 is 22.7 Å². The van der Waals surface area contributed by atoms with Crippen molar-refractivity contribution in [2.24, 2.45) is 0 Å². The molecule has 0 radical (unpaired) electrons. The molecule has 0 N–H and O–H groups in total. The van der Waals surface area contributed by atoms with Crippen LogP contribution >= 0.6 is 0 Å². The summed E-state index contributed by atoms with van der Waals surface area (Å²) in [6.45, 7) is 1.74. The molecule has 0 bridgehead atoms. The Morgan fingerprint density at radius 2 is 1.83 bits per heavy atom. The number of halogens is 3. The Balaban J connectivity index is 2.15. The van der Waals surface area contributed by atoms with Crippen LogP contribution in [0.15, 0.2) is 48.5 Å². The van der Waals surface area contributed by atoms with E-state index in [-0.39, 0.29) is 18.1 Å². The maximum absolute atomic E-state index is 12.8. The molecule has 2 nitrogen and oxygen atoms in total. The maximum atomic E-state index is 12.8. The highest BCUT2D eigenvalue weighted by atomic mass is 19.4. The summed E-state index contributed by atoms with van der Waals surface area (Å²) >= 11 is 0. The molecule has 0 aromatic heterocycles. The lowest BCUT2D eigenvalue weighted by molar-refractivity contribution is -0.137. The van der Waals surface area contributed by atoms with Crippen molar-refractivity contribution >= 4 is 5.78 Å². The number of alkyl halides is 3. The summed E-state index contributed by atoms with van der Waals surface area (Å²) in [7, 11) is 1.51. The summed E-state index contributed by atoms with van der Waals surface area (Å²) in [5, 5.41) is 0. The number of hydrogen-bond donors (Lipinski definition) is 0. The summed E-state index contributed by atoms with van der Waals surface area (Å²) in [5.74, 6) is 0.132. The Morgan fingerprint density at radius 3 is 2.48 bits per heavy atom.